The second-order valence-corrected chi connectivity index (χ2v) is 7.03. The minimum Gasteiger partial charge on any atom is -0.357 e. The Morgan fingerprint density at radius 1 is 1.08 bits per heavy atom. The van der Waals surface area contributed by atoms with Gasteiger partial charge >= 0.3 is 0 Å². The van der Waals surface area contributed by atoms with Gasteiger partial charge < -0.3 is 10.6 Å². The van der Waals surface area contributed by atoms with Crippen molar-refractivity contribution in [2.45, 2.75) is 20.0 Å². The molecule has 6 heteroatoms. The lowest BCUT2D eigenvalue weighted by Gasteiger charge is -2.09. The van der Waals surface area contributed by atoms with Crippen LogP contribution in [0.15, 0.2) is 58.2 Å². The van der Waals surface area contributed by atoms with Crippen molar-refractivity contribution < 1.29 is 0 Å². The summed E-state index contributed by atoms with van der Waals surface area (Å²) in [7, 11) is 0. The highest BCUT2D eigenvalue weighted by molar-refractivity contribution is 7.13. The topological polar surface area (TPSA) is 49.3 Å². The number of nitrogens with one attached hydrogen (secondary N) is 2. The lowest BCUT2D eigenvalue weighted by atomic mass is 10.2. The second kappa shape index (κ2) is 8.61. The number of hydrogen-bond acceptors (Lipinski definition) is 4. The quantitative estimate of drug-likeness (QED) is 0.516. The molecular formula is C18H20N4S2. The van der Waals surface area contributed by atoms with Crippen LogP contribution in [0.4, 0.5) is 0 Å². The third kappa shape index (κ3) is 4.66. The summed E-state index contributed by atoms with van der Waals surface area (Å²) in [5.41, 5.74) is 2.15. The SMILES string of the molecule is CCNC(=NCc1csc(-c2ccccc2)n1)NCc1cccs1. The van der Waals surface area contributed by atoms with Crippen LogP contribution in [0.5, 0.6) is 0 Å². The van der Waals surface area contributed by atoms with E-state index in [-0.39, 0.29) is 0 Å². The van der Waals surface area contributed by atoms with Crippen molar-refractivity contribution in [3.63, 3.8) is 0 Å². The zero-order chi connectivity index (χ0) is 16.6. The van der Waals surface area contributed by atoms with Crippen LogP contribution in [0, 0.1) is 0 Å². The van der Waals surface area contributed by atoms with Gasteiger partial charge in [-0.3, -0.25) is 0 Å². The number of aliphatic imine (C=N–C) groups is 1. The number of thiophene rings is 1. The molecule has 0 aliphatic carbocycles. The highest BCUT2D eigenvalue weighted by Gasteiger charge is 2.05. The van der Waals surface area contributed by atoms with Gasteiger partial charge in [-0.15, -0.1) is 22.7 Å². The minimum absolute atomic E-state index is 0.573. The highest BCUT2D eigenvalue weighted by Crippen LogP contribution is 2.23. The Hall–Kier alpha value is -2.18. The fourth-order valence-corrected chi connectivity index (χ4v) is 3.64. The number of rotatable bonds is 6. The fraction of sp³-hybridized carbons (Fsp3) is 0.222. The van der Waals surface area contributed by atoms with Crippen molar-refractivity contribution in [3.8, 4) is 10.6 Å². The van der Waals surface area contributed by atoms with E-state index < -0.39 is 0 Å². The molecule has 0 atom stereocenters. The van der Waals surface area contributed by atoms with Gasteiger partial charge in [0.2, 0.25) is 0 Å². The molecule has 2 N–H and O–H groups in total. The van der Waals surface area contributed by atoms with E-state index in [1.165, 1.54) is 4.88 Å². The summed E-state index contributed by atoms with van der Waals surface area (Å²) in [6.45, 7) is 4.26. The Kier molecular flexibility index (Phi) is 5.98. The van der Waals surface area contributed by atoms with Gasteiger partial charge in [0.1, 0.15) is 5.01 Å². The maximum Gasteiger partial charge on any atom is 0.191 e. The molecule has 0 radical (unpaired) electrons. The Balaban J connectivity index is 1.62. The molecule has 4 nitrogen and oxygen atoms in total. The molecule has 3 rings (SSSR count). The van der Waals surface area contributed by atoms with Crippen molar-refractivity contribution in [2.24, 2.45) is 4.99 Å². The van der Waals surface area contributed by atoms with Crippen LogP contribution >= 0.6 is 22.7 Å². The van der Waals surface area contributed by atoms with Crippen LogP contribution in [0.3, 0.4) is 0 Å². The van der Waals surface area contributed by atoms with Crippen molar-refractivity contribution in [2.75, 3.05) is 6.54 Å². The van der Waals surface area contributed by atoms with Gasteiger partial charge in [0.05, 0.1) is 18.8 Å². The lowest BCUT2D eigenvalue weighted by Crippen LogP contribution is -2.36. The van der Waals surface area contributed by atoms with E-state index in [9.17, 15) is 0 Å². The molecule has 0 amide bonds. The van der Waals surface area contributed by atoms with E-state index in [4.69, 9.17) is 0 Å². The average molecular weight is 357 g/mol. The van der Waals surface area contributed by atoms with E-state index in [0.29, 0.717) is 6.54 Å². The van der Waals surface area contributed by atoms with Gasteiger partial charge in [0, 0.05) is 22.4 Å². The highest BCUT2D eigenvalue weighted by atomic mass is 32.1. The molecule has 2 heterocycles. The molecular weight excluding hydrogens is 336 g/mol. The first kappa shape index (κ1) is 16.7. The molecule has 0 saturated heterocycles. The number of thiazole rings is 1. The maximum absolute atomic E-state index is 4.68. The third-order valence-corrected chi connectivity index (χ3v) is 5.14. The predicted octanol–water partition coefficient (Wildman–Crippen LogP) is 4.13. The second-order valence-electron chi connectivity index (χ2n) is 5.14. The van der Waals surface area contributed by atoms with Gasteiger partial charge in [0.25, 0.3) is 0 Å². The molecule has 2 aromatic heterocycles. The van der Waals surface area contributed by atoms with E-state index in [1.807, 2.05) is 18.2 Å². The first-order valence-corrected chi connectivity index (χ1v) is 9.65. The summed E-state index contributed by atoms with van der Waals surface area (Å²) in [6.07, 6.45) is 0. The summed E-state index contributed by atoms with van der Waals surface area (Å²) in [5, 5.41) is 11.8. The smallest absolute Gasteiger partial charge is 0.191 e. The van der Waals surface area contributed by atoms with Crippen LogP contribution in [-0.4, -0.2) is 17.5 Å². The zero-order valence-electron chi connectivity index (χ0n) is 13.5. The number of benzene rings is 1. The van der Waals surface area contributed by atoms with E-state index >= 15 is 0 Å². The number of nitrogens with zero attached hydrogens (tertiary/aromatic N) is 2. The van der Waals surface area contributed by atoms with Crippen LogP contribution in [0.1, 0.15) is 17.5 Å². The van der Waals surface area contributed by atoms with E-state index in [1.54, 1.807) is 22.7 Å². The molecule has 24 heavy (non-hydrogen) atoms. The van der Waals surface area contributed by atoms with E-state index in [2.05, 4.69) is 62.6 Å². The summed E-state index contributed by atoms with van der Waals surface area (Å²) in [6, 6.07) is 14.4. The van der Waals surface area contributed by atoms with Gasteiger partial charge in [0.15, 0.2) is 5.96 Å². The molecule has 0 aliphatic heterocycles. The third-order valence-electron chi connectivity index (χ3n) is 3.33. The standard InChI is InChI=1S/C18H20N4S2/c1-2-19-18(21-12-16-9-6-10-23-16)20-11-15-13-24-17(22-15)14-7-4-3-5-8-14/h3-10,13H,2,11-12H2,1H3,(H2,19,20,21). The molecule has 124 valence electrons. The summed E-state index contributed by atoms with van der Waals surface area (Å²) < 4.78 is 0. The molecule has 3 aromatic rings. The Morgan fingerprint density at radius 3 is 2.71 bits per heavy atom. The Morgan fingerprint density at radius 2 is 1.96 bits per heavy atom. The molecule has 0 aliphatic rings. The van der Waals surface area contributed by atoms with Crippen LogP contribution in [-0.2, 0) is 13.1 Å². The van der Waals surface area contributed by atoms with Gasteiger partial charge in [-0.25, -0.2) is 9.98 Å². The maximum atomic E-state index is 4.68. The fourth-order valence-electron chi connectivity index (χ4n) is 2.18. The summed E-state index contributed by atoms with van der Waals surface area (Å²) in [5.74, 6) is 0.820. The lowest BCUT2D eigenvalue weighted by molar-refractivity contribution is 0.820. The monoisotopic (exact) mass is 356 g/mol. The largest absolute Gasteiger partial charge is 0.357 e. The molecule has 0 saturated carbocycles. The van der Waals surface area contributed by atoms with Crippen molar-refractivity contribution in [3.05, 3.63) is 63.8 Å². The minimum atomic E-state index is 0.573. The number of aromatic nitrogens is 1. The van der Waals surface area contributed by atoms with Crippen molar-refractivity contribution in [1.29, 1.82) is 0 Å². The van der Waals surface area contributed by atoms with Crippen LogP contribution in [0.2, 0.25) is 0 Å². The molecule has 0 unspecified atom stereocenters. The van der Waals surface area contributed by atoms with Gasteiger partial charge in [-0.2, -0.15) is 0 Å². The predicted molar refractivity (Wildman–Crippen MR) is 104 cm³/mol. The van der Waals surface area contributed by atoms with Crippen molar-refractivity contribution in [1.82, 2.24) is 15.6 Å². The van der Waals surface area contributed by atoms with Crippen LogP contribution in [0.25, 0.3) is 10.6 Å². The molecule has 0 bridgehead atoms. The normalized spacial score (nSPS) is 11.5. The first-order valence-electron chi connectivity index (χ1n) is 7.89. The molecule has 0 fully saturated rings. The average Bonchev–Trinajstić information content (AvgIpc) is 3.30. The molecule has 1 aromatic carbocycles. The van der Waals surface area contributed by atoms with Gasteiger partial charge in [-0.05, 0) is 18.4 Å². The summed E-state index contributed by atoms with van der Waals surface area (Å²) in [4.78, 5) is 10.6. The zero-order valence-corrected chi connectivity index (χ0v) is 15.2. The number of hydrogen-bond donors (Lipinski definition) is 2. The first-order chi connectivity index (χ1) is 11.8. The Bertz CT molecular complexity index is 763. The molecule has 0 spiro atoms. The van der Waals surface area contributed by atoms with Crippen molar-refractivity contribution >= 4 is 28.6 Å². The van der Waals surface area contributed by atoms with Crippen LogP contribution < -0.4 is 10.6 Å². The number of guanidine groups is 1. The summed E-state index contributed by atoms with van der Waals surface area (Å²) >= 11 is 3.40. The van der Waals surface area contributed by atoms with Gasteiger partial charge in [-0.1, -0.05) is 36.4 Å². The van der Waals surface area contributed by atoms with E-state index in [0.717, 1.165) is 35.3 Å². The Labute approximate surface area is 150 Å².